The summed E-state index contributed by atoms with van der Waals surface area (Å²) in [5, 5.41) is 0. The van der Waals surface area contributed by atoms with E-state index in [2.05, 4.69) is 27.7 Å². The second-order valence-electron chi connectivity index (χ2n) is 11.9. The van der Waals surface area contributed by atoms with Crippen LogP contribution in [0.1, 0.15) is 188 Å². The van der Waals surface area contributed by atoms with Crippen molar-refractivity contribution < 1.29 is 19.2 Å². The molecule has 0 N–H and O–H groups in total. The number of carbonyl (C=O) groups is 4. The quantitative estimate of drug-likeness (QED) is 0.0560. The highest BCUT2D eigenvalue weighted by atomic mass is 31.1. The molecule has 0 saturated heterocycles. The molecule has 0 radical (unpaired) electrons. The van der Waals surface area contributed by atoms with Crippen LogP contribution in [0.2, 0.25) is 0 Å². The van der Waals surface area contributed by atoms with Gasteiger partial charge in [0.05, 0.1) is 0 Å². The van der Waals surface area contributed by atoms with E-state index in [9.17, 15) is 19.2 Å². The number of hydrogen-bond acceptors (Lipinski definition) is 4. The zero-order valence-electron chi connectivity index (χ0n) is 27.6. The van der Waals surface area contributed by atoms with E-state index in [1.165, 1.54) is 51.4 Å². The molecule has 0 spiro atoms. The molecule has 0 aliphatic carbocycles. The van der Waals surface area contributed by atoms with Gasteiger partial charge >= 0.3 is 0 Å². The van der Waals surface area contributed by atoms with E-state index >= 15 is 0 Å². The first kappa shape index (κ1) is 40.5. The minimum absolute atomic E-state index is 0.156. The molecule has 0 aromatic rings. The van der Waals surface area contributed by atoms with Crippen LogP contribution in [0.4, 0.5) is 0 Å². The van der Waals surface area contributed by atoms with Gasteiger partial charge in [-0.15, -0.1) is 0 Å². The summed E-state index contributed by atoms with van der Waals surface area (Å²) in [6.07, 6.45) is 25.7. The van der Waals surface area contributed by atoms with Crippen LogP contribution >= 0.6 is 15.8 Å². The Morgan fingerprint density at radius 2 is 0.537 bits per heavy atom. The van der Waals surface area contributed by atoms with Crippen LogP contribution in [0.25, 0.3) is 0 Å². The third-order valence-corrected chi connectivity index (χ3v) is 12.8. The Hall–Kier alpha value is -0.460. The van der Waals surface area contributed by atoms with Crippen molar-refractivity contribution in [3.05, 3.63) is 0 Å². The normalized spacial score (nSPS) is 11.5. The average molecular weight is 613 g/mol. The lowest BCUT2D eigenvalue weighted by Crippen LogP contribution is -2.12. The smallest absolute Gasteiger partial charge is 0.161 e. The minimum atomic E-state index is -1.33. The van der Waals surface area contributed by atoms with Crippen molar-refractivity contribution in [2.45, 2.75) is 188 Å². The van der Waals surface area contributed by atoms with Crippen molar-refractivity contribution in [2.75, 3.05) is 12.3 Å². The van der Waals surface area contributed by atoms with Gasteiger partial charge < -0.3 is 0 Å². The third-order valence-electron chi connectivity index (χ3n) is 7.94. The van der Waals surface area contributed by atoms with Gasteiger partial charge in [-0.3, -0.25) is 19.2 Å². The number of unbranched alkanes of at least 4 members (excludes halogenated alkanes) is 16. The Labute approximate surface area is 257 Å². The van der Waals surface area contributed by atoms with Crippen molar-refractivity contribution >= 4 is 37.9 Å². The summed E-state index contributed by atoms with van der Waals surface area (Å²) in [6.45, 7) is 8.75. The summed E-state index contributed by atoms with van der Waals surface area (Å²) in [6, 6.07) is 0. The van der Waals surface area contributed by atoms with Gasteiger partial charge in [0.25, 0.3) is 0 Å². The van der Waals surface area contributed by atoms with Crippen molar-refractivity contribution in [3.8, 4) is 0 Å². The second kappa shape index (κ2) is 29.6. The van der Waals surface area contributed by atoms with Crippen LogP contribution in [-0.4, -0.2) is 34.4 Å². The third kappa shape index (κ3) is 22.7. The summed E-state index contributed by atoms with van der Waals surface area (Å²) in [5.74, 6) is 0. The highest BCUT2D eigenvalue weighted by molar-refractivity contribution is 7.90. The van der Waals surface area contributed by atoms with Crippen LogP contribution in [-0.2, 0) is 19.2 Å². The standard InChI is InChI=1S/C35H66O4P2/c1-5-9-13-17-21-26-32(36)40(33(37)27-22-18-14-10-6-2)30-25-31-41(34(38)28-23-19-15-11-7-3)35(39)29-24-20-16-12-8-4/h5-31H2,1-4H3. The summed E-state index contributed by atoms with van der Waals surface area (Å²) in [7, 11) is -2.65. The monoisotopic (exact) mass is 612 g/mol. The van der Waals surface area contributed by atoms with Gasteiger partial charge in [-0.05, 0) is 44.4 Å². The number of hydrogen-bond donors (Lipinski definition) is 0. The van der Waals surface area contributed by atoms with E-state index in [-0.39, 0.29) is 22.1 Å². The first-order valence-electron chi connectivity index (χ1n) is 17.6. The Balaban J connectivity index is 5.16. The summed E-state index contributed by atoms with van der Waals surface area (Å²) in [5.41, 5.74) is 0.626. The Bertz CT molecular complexity index is 571. The molecule has 0 heterocycles. The predicted molar refractivity (Wildman–Crippen MR) is 182 cm³/mol. The van der Waals surface area contributed by atoms with Gasteiger partial charge in [0, 0.05) is 41.5 Å². The molecule has 0 bridgehead atoms. The lowest BCUT2D eigenvalue weighted by Gasteiger charge is -2.18. The summed E-state index contributed by atoms with van der Waals surface area (Å²) >= 11 is 0. The molecule has 0 amide bonds. The first-order valence-corrected chi connectivity index (χ1v) is 20.6. The van der Waals surface area contributed by atoms with Gasteiger partial charge in [0.15, 0.2) is 22.1 Å². The average Bonchev–Trinajstić information content (AvgIpc) is 2.96. The molecule has 41 heavy (non-hydrogen) atoms. The molecule has 0 aliphatic heterocycles. The maximum absolute atomic E-state index is 13.2. The zero-order valence-corrected chi connectivity index (χ0v) is 29.4. The van der Waals surface area contributed by atoms with Crippen LogP contribution < -0.4 is 0 Å². The summed E-state index contributed by atoms with van der Waals surface area (Å²) in [4.78, 5) is 52.9. The molecular formula is C35H66O4P2. The second-order valence-corrected chi connectivity index (χ2v) is 16.5. The van der Waals surface area contributed by atoms with Gasteiger partial charge in [-0.1, -0.05) is 130 Å². The van der Waals surface area contributed by atoms with E-state index in [0.717, 1.165) is 77.0 Å². The molecule has 0 aromatic heterocycles. The lowest BCUT2D eigenvalue weighted by atomic mass is 10.1. The van der Waals surface area contributed by atoms with E-state index in [0.29, 0.717) is 44.4 Å². The highest BCUT2D eigenvalue weighted by Crippen LogP contribution is 2.46. The summed E-state index contributed by atoms with van der Waals surface area (Å²) < 4.78 is 0. The molecular weight excluding hydrogens is 546 g/mol. The fourth-order valence-corrected chi connectivity index (χ4v) is 9.69. The molecule has 0 aliphatic rings. The molecule has 0 unspecified atom stereocenters. The van der Waals surface area contributed by atoms with E-state index in [4.69, 9.17) is 0 Å². The largest absolute Gasteiger partial charge is 0.294 e. The topological polar surface area (TPSA) is 68.3 Å². The number of rotatable bonds is 32. The SMILES string of the molecule is CCCCCCCC(=O)P(CCCP(C(=O)CCCCCCC)C(=O)CCCCCCC)C(=O)CCCCCCC. The van der Waals surface area contributed by atoms with Gasteiger partial charge in [0.2, 0.25) is 0 Å². The van der Waals surface area contributed by atoms with Gasteiger partial charge in [0.1, 0.15) is 0 Å². The molecule has 0 fully saturated rings. The Morgan fingerprint density at radius 1 is 0.317 bits per heavy atom. The van der Waals surface area contributed by atoms with Crippen molar-refractivity contribution in [3.63, 3.8) is 0 Å². The van der Waals surface area contributed by atoms with Crippen LogP contribution in [0.15, 0.2) is 0 Å². The minimum Gasteiger partial charge on any atom is -0.294 e. The number of carbonyl (C=O) groups excluding carboxylic acids is 4. The maximum Gasteiger partial charge on any atom is 0.161 e. The van der Waals surface area contributed by atoms with Gasteiger partial charge in [-0.25, -0.2) is 0 Å². The molecule has 0 saturated carbocycles. The fourth-order valence-electron chi connectivity index (χ4n) is 5.22. The van der Waals surface area contributed by atoms with Crippen molar-refractivity contribution in [2.24, 2.45) is 0 Å². The van der Waals surface area contributed by atoms with Crippen molar-refractivity contribution in [1.82, 2.24) is 0 Å². The molecule has 0 atom stereocenters. The van der Waals surface area contributed by atoms with E-state index < -0.39 is 15.8 Å². The maximum atomic E-state index is 13.2. The highest BCUT2D eigenvalue weighted by Gasteiger charge is 2.28. The van der Waals surface area contributed by atoms with E-state index in [1.54, 1.807) is 0 Å². The van der Waals surface area contributed by atoms with Crippen LogP contribution in [0, 0.1) is 0 Å². The molecule has 240 valence electrons. The van der Waals surface area contributed by atoms with Gasteiger partial charge in [-0.2, -0.15) is 0 Å². The predicted octanol–water partition coefficient (Wildman–Crippen LogP) is 11.9. The molecule has 4 nitrogen and oxygen atoms in total. The molecule has 6 heteroatoms. The zero-order chi connectivity index (χ0) is 30.6. The van der Waals surface area contributed by atoms with E-state index in [1.807, 2.05) is 0 Å². The molecule has 0 rings (SSSR count). The lowest BCUT2D eigenvalue weighted by molar-refractivity contribution is -0.115. The van der Waals surface area contributed by atoms with Crippen LogP contribution in [0.3, 0.4) is 0 Å². The molecule has 0 aromatic carbocycles. The fraction of sp³-hybridized carbons (Fsp3) is 0.886. The Morgan fingerprint density at radius 3 is 0.756 bits per heavy atom. The Kier molecular flexibility index (Phi) is 29.3. The van der Waals surface area contributed by atoms with Crippen LogP contribution in [0.5, 0.6) is 0 Å². The van der Waals surface area contributed by atoms with Crippen molar-refractivity contribution in [1.29, 1.82) is 0 Å². The first-order chi connectivity index (χ1) is 19.9.